The van der Waals surface area contributed by atoms with E-state index < -0.39 is 0 Å². The molecule has 0 aliphatic carbocycles. The molecular weight excluding hydrogens is 291 g/mol. The minimum Gasteiger partial charge on any atom is -0.341 e. The van der Waals surface area contributed by atoms with Crippen LogP contribution < -0.4 is 0 Å². The molecule has 2 aromatic heterocycles. The highest BCUT2D eigenvalue weighted by Gasteiger charge is 2.26. The number of fused-ring (bicyclic) bond motifs is 1. The molecule has 5 heteroatoms. The van der Waals surface area contributed by atoms with Gasteiger partial charge in [0.25, 0.3) is 0 Å². The number of hydrogen-bond donors (Lipinski definition) is 1. The molecule has 4 nitrogen and oxygen atoms in total. The van der Waals surface area contributed by atoms with Crippen LogP contribution in [-0.2, 0) is 6.54 Å². The Balaban J connectivity index is 1.63. The lowest BCUT2D eigenvalue weighted by atomic mass is 10.0. The molecule has 1 saturated heterocycles. The minimum absolute atomic E-state index is 0.231. The zero-order valence-electron chi connectivity index (χ0n) is 12.9. The average molecular weight is 310 g/mol. The van der Waals surface area contributed by atoms with Crippen LogP contribution >= 0.6 is 0 Å². The molecule has 0 unspecified atom stereocenters. The normalized spacial score (nSPS) is 19.3. The van der Waals surface area contributed by atoms with Crippen molar-refractivity contribution in [3.8, 4) is 0 Å². The number of halogens is 1. The number of nitrogens with one attached hydrogen (secondary N) is 1. The monoisotopic (exact) mass is 310 g/mol. The highest BCUT2D eigenvalue weighted by molar-refractivity contribution is 5.75. The van der Waals surface area contributed by atoms with Gasteiger partial charge in [0, 0.05) is 18.9 Å². The fourth-order valence-electron chi connectivity index (χ4n) is 3.37. The molecule has 1 fully saturated rings. The highest BCUT2D eigenvalue weighted by Crippen LogP contribution is 2.31. The fourth-order valence-corrected chi connectivity index (χ4v) is 3.37. The summed E-state index contributed by atoms with van der Waals surface area (Å²) in [7, 11) is 0. The third-order valence-electron chi connectivity index (χ3n) is 4.53. The smallest absolute Gasteiger partial charge is 0.125 e. The third kappa shape index (κ3) is 2.97. The largest absolute Gasteiger partial charge is 0.341 e. The van der Waals surface area contributed by atoms with Gasteiger partial charge in [0.05, 0.1) is 17.1 Å². The van der Waals surface area contributed by atoms with E-state index in [1.54, 1.807) is 6.07 Å². The molecule has 1 aliphatic rings. The van der Waals surface area contributed by atoms with Gasteiger partial charge in [-0.15, -0.1) is 0 Å². The van der Waals surface area contributed by atoms with Gasteiger partial charge in [0.2, 0.25) is 0 Å². The Hall–Kier alpha value is -2.27. The lowest BCUT2D eigenvalue weighted by Gasteiger charge is -2.34. The molecular formula is C18H19FN4. The minimum atomic E-state index is -0.231. The molecule has 23 heavy (non-hydrogen) atoms. The Bertz CT molecular complexity index is 799. The van der Waals surface area contributed by atoms with Crippen molar-refractivity contribution < 1.29 is 4.39 Å². The molecule has 3 heterocycles. The van der Waals surface area contributed by atoms with Crippen LogP contribution in [0.25, 0.3) is 11.0 Å². The summed E-state index contributed by atoms with van der Waals surface area (Å²) in [5.74, 6) is 0.712. The number of imidazole rings is 1. The zero-order chi connectivity index (χ0) is 15.6. The van der Waals surface area contributed by atoms with E-state index in [0.29, 0.717) is 0 Å². The van der Waals surface area contributed by atoms with Crippen molar-refractivity contribution in [1.29, 1.82) is 0 Å². The maximum Gasteiger partial charge on any atom is 0.125 e. The van der Waals surface area contributed by atoms with Crippen LogP contribution in [0.3, 0.4) is 0 Å². The van der Waals surface area contributed by atoms with E-state index in [0.717, 1.165) is 36.4 Å². The summed E-state index contributed by atoms with van der Waals surface area (Å²) in [6.07, 6.45) is 7.14. The lowest BCUT2D eigenvalue weighted by molar-refractivity contribution is 0.134. The summed E-state index contributed by atoms with van der Waals surface area (Å²) < 4.78 is 13.4. The first-order chi connectivity index (χ1) is 11.3. The Labute approximate surface area is 134 Å². The molecule has 4 rings (SSSR count). The Morgan fingerprint density at radius 1 is 1.17 bits per heavy atom. The predicted molar refractivity (Wildman–Crippen MR) is 87.3 cm³/mol. The van der Waals surface area contributed by atoms with E-state index >= 15 is 0 Å². The summed E-state index contributed by atoms with van der Waals surface area (Å²) in [6, 6.07) is 9.08. The van der Waals surface area contributed by atoms with Crippen LogP contribution in [0.1, 0.15) is 36.7 Å². The van der Waals surface area contributed by atoms with Crippen molar-refractivity contribution in [2.24, 2.45) is 0 Å². The van der Waals surface area contributed by atoms with E-state index in [9.17, 15) is 4.39 Å². The van der Waals surface area contributed by atoms with Crippen LogP contribution in [0.2, 0.25) is 0 Å². The first kappa shape index (κ1) is 14.3. The molecule has 3 aromatic rings. The first-order valence-electron chi connectivity index (χ1n) is 8.08. The summed E-state index contributed by atoms with van der Waals surface area (Å²) in [4.78, 5) is 14.5. The number of aromatic nitrogens is 3. The average Bonchev–Trinajstić information content (AvgIpc) is 2.99. The van der Waals surface area contributed by atoms with Gasteiger partial charge in [0.15, 0.2) is 0 Å². The van der Waals surface area contributed by atoms with Gasteiger partial charge >= 0.3 is 0 Å². The zero-order valence-corrected chi connectivity index (χ0v) is 12.9. The number of benzene rings is 1. The number of piperidine rings is 1. The topological polar surface area (TPSA) is 44.8 Å². The summed E-state index contributed by atoms with van der Waals surface area (Å²) in [5, 5.41) is 0. The van der Waals surface area contributed by atoms with Crippen molar-refractivity contribution in [2.75, 3.05) is 6.54 Å². The van der Waals surface area contributed by atoms with Gasteiger partial charge in [-0.2, -0.15) is 0 Å². The molecule has 118 valence electrons. The molecule has 0 spiro atoms. The van der Waals surface area contributed by atoms with E-state index in [2.05, 4.69) is 27.0 Å². The molecule has 0 radical (unpaired) electrons. The van der Waals surface area contributed by atoms with Crippen LogP contribution in [0, 0.1) is 5.82 Å². The molecule has 1 N–H and O–H groups in total. The second-order valence-electron chi connectivity index (χ2n) is 6.12. The SMILES string of the molecule is Fc1ccc2nc([C@H]3CCCCN3Cc3ccncc3)[nH]c2c1. The molecule has 1 aliphatic heterocycles. The van der Waals surface area contributed by atoms with Gasteiger partial charge in [-0.25, -0.2) is 9.37 Å². The number of pyridine rings is 1. The Kier molecular flexibility index (Phi) is 3.79. The van der Waals surface area contributed by atoms with Crippen molar-refractivity contribution in [3.63, 3.8) is 0 Å². The first-order valence-corrected chi connectivity index (χ1v) is 8.08. The van der Waals surface area contributed by atoms with Crippen LogP contribution in [0.15, 0.2) is 42.7 Å². The summed E-state index contributed by atoms with van der Waals surface area (Å²) >= 11 is 0. The van der Waals surface area contributed by atoms with Crippen LogP contribution in [0.5, 0.6) is 0 Å². The second kappa shape index (κ2) is 6.08. The van der Waals surface area contributed by atoms with Crippen LogP contribution in [-0.4, -0.2) is 26.4 Å². The van der Waals surface area contributed by atoms with E-state index in [-0.39, 0.29) is 11.9 Å². The number of nitrogens with zero attached hydrogens (tertiary/aromatic N) is 3. The Morgan fingerprint density at radius 2 is 2.04 bits per heavy atom. The van der Waals surface area contributed by atoms with E-state index in [1.807, 2.05) is 12.4 Å². The lowest BCUT2D eigenvalue weighted by Crippen LogP contribution is -2.33. The maximum atomic E-state index is 13.4. The van der Waals surface area contributed by atoms with Crippen molar-refractivity contribution in [3.05, 3.63) is 59.9 Å². The van der Waals surface area contributed by atoms with Crippen LogP contribution in [0.4, 0.5) is 4.39 Å². The summed E-state index contributed by atoms with van der Waals surface area (Å²) in [6.45, 7) is 1.94. The Morgan fingerprint density at radius 3 is 2.91 bits per heavy atom. The number of H-pyrrole nitrogens is 1. The van der Waals surface area contributed by atoms with Gasteiger partial charge in [0.1, 0.15) is 11.6 Å². The number of likely N-dealkylation sites (tertiary alicyclic amines) is 1. The molecule has 0 saturated carbocycles. The van der Waals surface area contributed by atoms with E-state index in [4.69, 9.17) is 4.98 Å². The van der Waals surface area contributed by atoms with Gasteiger partial charge in [-0.3, -0.25) is 9.88 Å². The predicted octanol–water partition coefficient (Wildman–Crippen LogP) is 3.82. The van der Waals surface area contributed by atoms with Gasteiger partial charge in [-0.1, -0.05) is 6.42 Å². The van der Waals surface area contributed by atoms with Crippen molar-refractivity contribution in [2.45, 2.75) is 31.8 Å². The number of aromatic amines is 1. The maximum absolute atomic E-state index is 13.4. The van der Waals surface area contributed by atoms with Gasteiger partial charge < -0.3 is 4.98 Å². The molecule has 0 bridgehead atoms. The molecule has 1 aromatic carbocycles. The number of hydrogen-bond acceptors (Lipinski definition) is 3. The van der Waals surface area contributed by atoms with E-state index in [1.165, 1.54) is 30.5 Å². The fraction of sp³-hybridized carbons (Fsp3) is 0.333. The quantitative estimate of drug-likeness (QED) is 0.800. The standard InChI is InChI=1S/C18H19FN4/c19-14-4-5-15-16(11-14)22-18(21-15)17-3-1-2-10-23(17)12-13-6-8-20-9-7-13/h4-9,11,17H,1-3,10,12H2,(H,21,22)/t17-/m1/s1. The van der Waals surface area contributed by atoms with Crippen molar-refractivity contribution in [1.82, 2.24) is 19.9 Å². The molecule has 0 amide bonds. The third-order valence-corrected chi connectivity index (χ3v) is 4.53. The highest BCUT2D eigenvalue weighted by atomic mass is 19.1. The summed E-state index contributed by atoms with van der Waals surface area (Å²) in [5.41, 5.74) is 2.86. The van der Waals surface area contributed by atoms with Crippen molar-refractivity contribution >= 4 is 11.0 Å². The number of rotatable bonds is 3. The van der Waals surface area contributed by atoms with Gasteiger partial charge in [-0.05, 0) is 55.3 Å². The second-order valence-corrected chi connectivity index (χ2v) is 6.12. The molecule has 1 atom stereocenters.